The molecule has 3 nitrogen and oxygen atoms in total. The van der Waals surface area contributed by atoms with E-state index in [0.717, 1.165) is 16.3 Å². The third-order valence-corrected chi connectivity index (χ3v) is 3.04. The van der Waals surface area contributed by atoms with Gasteiger partial charge in [0, 0.05) is 21.3 Å². The molecule has 0 saturated heterocycles. The van der Waals surface area contributed by atoms with E-state index in [1.165, 1.54) is 0 Å². The number of carbonyl (C=O) groups excluding carboxylic acids is 2. The molecule has 2 rings (SSSR count). The van der Waals surface area contributed by atoms with Gasteiger partial charge in [-0.05, 0) is 42.8 Å². The second-order valence-electron chi connectivity index (χ2n) is 4.21. The van der Waals surface area contributed by atoms with Gasteiger partial charge in [0.2, 0.25) is 0 Å². The van der Waals surface area contributed by atoms with Crippen LogP contribution in [0.2, 0.25) is 0 Å². The van der Waals surface area contributed by atoms with Gasteiger partial charge in [-0.3, -0.25) is 9.59 Å². The van der Waals surface area contributed by atoms with Gasteiger partial charge in [0.25, 0.3) is 5.91 Å². The molecular weight excluding hydrogens is 306 g/mol. The lowest BCUT2D eigenvalue weighted by Gasteiger charge is -2.07. The fourth-order valence-corrected chi connectivity index (χ4v) is 2.37. The standard InChI is InChI=1S/C15H12BrNO2/c1-10-5-12(8-13(16)6-10)15(19)17-14-4-2-3-11(7-14)9-18/h2-9H,1H3,(H,17,19). The number of anilines is 1. The summed E-state index contributed by atoms with van der Waals surface area (Å²) in [4.78, 5) is 22.8. The summed E-state index contributed by atoms with van der Waals surface area (Å²) < 4.78 is 0.860. The molecule has 0 fully saturated rings. The van der Waals surface area contributed by atoms with Gasteiger partial charge in [-0.25, -0.2) is 0 Å². The van der Waals surface area contributed by atoms with Crippen LogP contribution in [0.25, 0.3) is 0 Å². The Hall–Kier alpha value is -1.94. The number of nitrogens with one attached hydrogen (secondary N) is 1. The smallest absolute Gasteiger partial charge is 0.255 e. The lowest BCUT2D eigenvalue weighted by atomic mass is 10.1. The Morgan fingerprint density at radius 2 is 2.00 bits per heavy atom. The van der Waals surface area contributed by atoms with Gasteiger partial charge in [-0.2, -0.15) is 0 Å². The Labute approximate surface area is 119 Å². The molecule has 0 atom stereocenters. The van der Waals surface area contributed by atoms with Crippen LogP contribution in [0, 0.1) is 6.92 Å². The van der Waals surface area contributed by atoms with E-state index in [1.54, 1.807) is 30.3 Å². The van der Waals surface area contributed by atoms with Crippen LogP contribution in [-0.4, -0.2) is 12.2 Å². The zero-order chi connectivity index (χ0) is 13.8. The molecule has 4 heteroatoms. The van der Waals surface area contributed by atoms with Crippen LogP contribution >= 0.6 is 15.9 Å². The maximum absolute atomic E-state index is 12.1. The van der Waals surface area contributed by atoms with Crippen LogP contribution < -0.4 is 5.32 Å². The molecule has 0 aliphatic heterocycles. The highest BCUT2D eigenvalue weighted by molar-refractivity contribution is 9.10. The molecular formula is C15H12BrNO2. The summed E-state index contributed by atoms with van der Waals surface area (Å²) in [6.45, 7) is 1.93. The third kappa shape index (κ3) is 3.51. The van der Waals surface area contributed by atoms with E-state index in [-0.39, 0.29) is 5.91 Å². The summed E-state index contributed by atoms with van der Waals surface area (Å²) in [6, 6.07) is 12.3. The van der Waals surface area contributed by atoms with Crippen LogP contribution in [-0.2, 0) is 0 Å². The van der Waals surface area contributed by atoms with Crippen molar-refractivity contribution in [1.82, 2.24) is 0 Å². The van der Waals surface area contributed by atoms with Crippen molar-refractivity contribution in [2.45, 2.75) is 6.92 Å². The number of carbonyl (C=O) groups is 2. The van der Waals surface area contributed by atoms with Crippen molar-refractivity contribution < 1.29 is 9.59 Å². The normalized spacial score (nSPS) is 10.0. The molecule has 2 aromatic carbocycles. The minimum atomic E-state index is -0.201. The number of amides is 1. The van der Waals surface area contributed by atoms with Crippen molar-refractivity contribution in [3.63, 3.8) is 0 Å². The topological polar surface area (TPSA) is 46.2 Å². The number of hydrogen-bond acceptors (Lipinski definition) is 2. The molecule has 0 unspecified atom stereocenters. The number of rotatable bonds is 3. The van der Waals surface area contributed by atoms with Gasteiger partial charge in [0.05, 0.1) is 0 Å². The molecule has 0 aliphatic carbocycles. The number of hydrogen-bond donors (Lipinski definition) is 1. The van der Waals surface area contributed by atoms with E-state index in [0.29, 0.717) is 16.8 Å². The summed E-state index contributed by atoms with van der Waals surface area (Å²) in [7, 11) is 0. The molecule has 1 amide bonds. The molecule has 0 bridgehead atoms. The third-order valence-electron chi connectivity index (χ3n) is 2.58. The van der Waals surface area contributed by atoms with Crippen LogP contribution in [0.1, 0.15) is 26.3 Å². The van der Waals surface area contributed by atoms with E-state index >= 15 is 0 Å². The van der Waals surface area contributed by atoms with Crippen molar-refractivity contribution >= 4 is 33.8 Å². The molecule has 0 radical (unpaired) electrons. The summed E-state index contributed by atoms with van der Waals surface area (Å²) in [5, 5.41) is 2.77. The monoisotopic (exact) mass is 317 g/mol. The summed E-state index contributed by atoms with van der Waals surface area (Å²) in [5.41, 5.74) is 2.71. The average Bonchev–Trinajstić information content (AvgIpc) is 2.37. The Morgan fingerprint density at radius 3 is 2.68 bits per heavy atom. The number of benzene rings is 2. The molecule has 0 saturated carbocycles. The Balaban J connectivity index is 2.22. The highest BCUT2D eigenvalue weighted by atomic mass is 79.9. The largest absolute Gasteiger partial charge is 0.322 e. The predicted molar refractivity (Wildman–Crippen MR) is 78.7 cm³/mol. The van der Waals surface area contributed by atoms with Gasteiger partial charge in [0.15, 0.2) is 0 Å². The second-order valence-corrected chi connectivity index (χ2v) is 5.13. The highest BCUT2D eigenvalue weighted by Gasteiger charge is 2.07. The molecule has 96 valence electrons. The van der Waals surface area contributed by atoms with Gasteiger partial charge >= 0.3 is 0 Å². The van der Waals surface area contributed by atoms with Crippen LogP contribution in [0.5, 0.6) is 0 Å². The lowest BCUT2D eigenvalue weighted by molar-refractivity contribution is 0.102. The van der Waals surface area contributed by atoms with Crippen molar-refractivity contribution in [2.75, 3.05) is 5.32 Å². The first kappa shape index (κ1) is 13.5. The van der Waals surface area contributed by atoms with E-state index < -0.39 is 0 Å². The predicted octanol–water partition coefficient (Wildman–Crippen LogP) is 3.82. The van der Waals surface area contributed by atoms with Gasteiger partial charge in [-0.1, -0.05) is 28.1 Å². The van der Waals surface area contributed by atoms with Crippen molar-refractivity contribution in [3.05, 3.63) is 63.6 Å². The van der Waals surface area contributed by atoms with Crippen LogP contribution in [0.4, 0.5) is 5.69 Å². The summed E-state index contributed by atoms with van der Waals surface area (Å²) in [6.07, 6.45) is 0.749. The van der Waals surface area contributed by atoms with Crippen molar-refractivity contribution in [1.29, 1.82) is 0 Å². The van der Waals surface area contributed by atoms with E-state index in [2.05, 4.69) is 21.2 Å². The first-order valence-electron chi connectivity index (χ1n) is 5.72. The molecule has 0 aromatic heterocycles. The number of aldehydes is 1. The minimum absolute atomic E-state index is 0.201. The molecule has 0 spiro atoms. The fraction of sp³-hybridized carbons (Fsp3) is 0.0667. The first-order valence-corrected chi connectivity index (χ1v) is 6.51. The maximum atomic E-state index is 12.1. The van der Waals surface area contributed by atoms with Gasteiger partial charge in [0.1, 0.15) is 6.29 Å². The molecule has 0 aliphatic rings. The average molecular weight is 318 g/mol. The zero-order valence-corrected chi connectivity index (χ0v) is 11.9. The number of halogens is 1. The van der Waals surface area contributed by atoms with Crippen LogP contribution in [0.3, 0.4) is 0 Å². The zero-order valence-electron chi connectivity index (χ0n) is 10.3. The molecule has 2 aromatic rings. The van der Waals surface area contributed by atoms with Gasteiger partial charge in [-0.15, -0.1) is 0 Å². The van der Waals surface area contributed by atoms with Crippen molar-refractivity contribution in [2.24, 2.45) is 0 Å². The van der Waals surface area contributed by atoms with Gasteiger partial charge < -0.3 is 5.32 Å². The number of aryl methyl sites for hydroxylation is 1. The van der Waals surface area contributed by atoms with Crippen molar-refractivity contribution in [3.8, 4) is 0 Å². The maximum Gasteiger partial charge on any atom is 0.255 e. The molecule has 19 heavy (non-hydrogen) atoms. The van der Waals surface area contributed by atoms with Crippen LogP contribution in [0.15, 0.2) is 46.9 Å². The van der Waals surface area contributed by atoms with E-state index in [1.807, 2.05) is 19.1 Å². The summed E-state index contributed by atoms with van der Waals surface area (Å²) in [5.74, 6) is -0.201. The van der Waals surface area contributed by atoms with E-state index in [9.17, 15) is 9.59 Å². The minimum Gasteiger partial charge on any atom is -0.322 e. The summed E-state index contributed by atoms with van der Waals surface area (Å²) >= 11 is 3.36. The highest BCUT2D eigenvalue weighted by Crippen LogP contribution is 2.17. The van der Waals surface area contributed by atoms with E-state index in [4.69, 9.17) is 0 Å². The molecule has 0 heterocycles. The Bertz CT molecular complexity index is 618. The SMILES string of the molecule is Cc1cc(Br)cc(C(=O)Nc2cccc(C=O)c2)c1. The first-order chi connectivity index (χ1) is 9.08. The molecule has 1 N–H and O–H groups in total. The fourth-order valence-electron chi connectivity index (χ4n) is 1.76. The lowest BCUT2D eigenvalue weighted by Crippen LogP contribution is -2.12. The Morgan fingerprint density at radius 1 is 1.21 bits per heavy atom. The second kappa shape index (κ2) is 5.80. The Kier molecular flexibility index (Phi) is 4.12. The quantitative estimate of drug-likeness (QED) is 0.875.